The number of anilines is 1. The fourth-order valence-corrected chi connectivity index (χ4v) is 3.14. The molecule has 0 radical (unpaired) electrons. The third-order valence-electron chi connectivity index (χ3n) is 4.43. The first-order valence-electron chi connectivity index (χ1n) is 9.10. The molecule has 2 atom stereocenters. The molecule has 3 N–H and O–H groups in total. The number of hydrogen-bond acceptors (Lipinski definition) is 4. The van der Waals surface area contributed by atoms with Gasteiger partial charge < -0.3 is 20.5 Å². The van der Waals surface area contributed by atoms with Crippen molar-refractivity contribution in [2.45, 2.75) is 46.0 Å². The Kier molecular flexibility index (Phi) is 7.37. The van der Waals surface area contributed by atoms with Crippen molar-refractivity contribution in [3.63, 3.8) is 0 Å². The summed E-state index contributed by atoms with van der Waals surface area (Å²) in [4.78, 5) is 12.5. The van der Waals surface area contributed by atoms with Gasteiger partial charge in [-0.25, -0.2) is 0 Å². The highest BCUT2D eigenvalue weighted by Gasteiger charge is 2.31. The summed E-state index contributed by atoms with van der Waals surface area (Å²) >= 11 is 0. The average molecular weight is 334 g/mol. The summed E-state index contributed by atoms with van der Waals surface area (Å²) in [6.45, 7) is 5.97. The van der Waals surface area contributed by atoms with Gasteiger partial charge in [0.05, 0.1) is 13.2 Å². The Morgan fingerprint density at radius 1 is 1.17 bits per heavy atom. The van der Waals surface area contributed by atoms with E-state index in [1.807, 2.05) is 18.2 Å². The van der Waals surface area contributed by atoms with Gasteiger partial charge in [0.25, 0.3) is 0 Å². The highest BCUT2D eigenvalue weighted by atomic mass is 16.5. The van der Waals surface area contributed by atoms with E-state index >= 15 is 0 Å². The van der Waals surface area contributed by atoms with Crippen LogP contribution in [0.2, 0.25) is 0 Å². The van der Waals surface area contributed by atoms with E-state index in [1.54, 1.807) is 0 Å². The Bertz CT molecular complexity index is 533. The summed E-state index contributed by atoms with van der Waals surface area (Å²) < 4.78 is 11.5. The van der Waals surface area contributed by atoms with E-state index in [2.05, 4.69) is 19.2 Å². The van der Waals surface area contributed by atoms with Crippen molar-refractivity contribution in [2.24, 2.45) is 17.6 Å². The van der Waals surface area contributed by atoms with Gasteiger partial charge in [0.2, 0.25) is 5.91 Å². The fourth-order valence-electron chi connectivity index (χ4n) is 3.14. The van der Waals surface area contributed by atoms with Crippen LogP contribution in [0.5, 0.6) is 11.5 Å². The topological polar surface area (TPSA) is 73.6 Å². The molecule has 24 heavy (non-hydrogen) atoms. The molecule has 1 aromatic rings. The van der Waals surface area contributed by atoms with Crippen LogP contribution >= 0.6 is 0 Å². The maximum Gasteiger partial charge on any atom is 0.227 e. The average Bonchev–Trinajstić information content (AvgIpc) is 3.08. The minimum Gasteiger partial charge on any atom is -0.490 e. The maximum absolute atomic E-state index is 12.5. The molecule has 1 aliphatic carbocycles. The predicted octanol–water partition coefficient (Wildman–Crippen LogP) is 3.58. The summed E-state index contributed by atoms with van der Waals surface area (Å²) in [5, 5.41) is 3.02. The molecular formula is C19H30N2O3. The molecule has 134 valence electrons. The molecule has 1 aromatic carbocycles. The number of hydrogen-bond donors (Lipinski definition) is 2. The van der Waals surface area contributed by atoms with Gasteiger partial charge in [-0.2, -0.15) is 0 Å². The second-order valence-corrected chi connectivity index (χ2v) is 6.38. The summed E-state index contributed by atoms with van der Waals surface area (Å²) in [5.41, 5.74) is 6.53. The number of nitrogens with one attached hydrogen (secondary N) is 1. The lowest BCUT2D eigenvalue weighted by Gasteiger charge is -2.18. The van der Waals surface area contributed by atoms with E-state index in [4.69, 9.17) is 15.2 Å². The van der Waals surface area contributed by atoms with Gasteiger partial charge in [-0.1, -0.05) is 20.3 Å². The van der Waals surface area contributed by atoms with Crippen LogP contribution in [0.3, 0.4) is 0 Å². The van der Waals surface area contributed by atoms with E-state index < -0.39 is 0 Å². The number of rotatable bonds is 9. The summed E-state index contributed by atoms with van der Waals surface area (Å²) in [6.07, 6.45) is 4.90. The molecular weight excluding hydrogens is 304 g/mol. The fraction of sp³-hybridized carbons (Fsp3) is 0.632. The molecule has 1 saturated carbocycles. The minimum atomic E-state index is 0.0195. The first-order chi connectivity index (χ1) is 11.7. The Morgan fingerprint density at radius 3 is 2.54 bits per heavy atom. The lowest BCUT2D eigenvalue weighted by atomic mass is 9.95. The summed E-state index contributed by atoms with van der Waals surface area (Å²) in [6, 6.07) is 5.59. The van der Waals surface area contributed by atoms with Gasteiger partial charge >= 0.3 is 0 Å². The minimum absolute atomic E-state index is 0.0195. The summed E-state index contributed by atoms with van der Waals surface area (Å²) in [7, 11) is 0. The van der Waals surface area contributed by atoms with Crippen LogP contribution in [0.25, 0.3) is 0 Å². The lowest BCUT2D eigenvalue weighted by Crippen LogP contribution is -2.29. The second kappa shape index (κ2) is 9.52. The number of ether oxygens (including phenoxy) is 2. The highest BCUT2D eigenvalue weighted by molar-refractivity contribution is 5.93. The van der Waals surface area contributed by atoms with Gasteiger partial charge in [0, 0.05) is 17.7 Å². The van der Waals surface area contributed by atoms with Crippen LogP contribution in [-0.2, 0) is 4.79 Å². The van der Waals surface area contributed by atoms with Crippen molar-refractivity contribution in [1.29, 1.82) is 0 Å². The zero-order chi connectivity index (χ0) is 17.4. The maximum atomic E-state index is 12.5. The van der Waals surface area contributed by atoms with Crippen LogP contribution in [0.15, 0.2) is 18.2 Å². The first kappa shape index (κ1) is 18.6. The van der Waals surface area contributed by atoms with Crippen molar-refractivity contribution in [1.82, 2.24) is 0 Å². The van der Waals surface area contributed by atoms with Crippen LogP contribution in [0.1, 0.15) is 46.0 Å². The molecule has 1 aliphatic rings. The predicted molar refractivity (Wildman–Crippen MR) is 96.5 cm³/mol. The van der Waals surface area contributed by atoms with Crippen molar-refractivity contribution in [3.05, 3.63) is 18.2 Å². The van der Waals surface area contributed by atoms with E-state index in [0.29, 0.717) is 31.4 Å². The van der Waals surface area contributed by atoms with Crippen LogP contribution in [-0.4, -0.2) is 25.7 Å². The number of amides is 1. The Labute approximate surface area is 144 Å². The number of nitrogens with two attached hydrogens (primary N) is 1. The lowest BCUT2D eigenvalue weighted by molar-refractivity contribution is -0.120. The van der Waals surface area contributed by atoms with Crippen LogP contribution in [0, 0.1) is 11.8 Å². The largest absolute Gasteiger partial charge is 0.490 e. The molecule has 0 heterocycles. The highest BCUT2D eigenvalue weighted by Crippen LogP contribution is 2.34. The molecule has 0 saturated heterocycles. The Balaban J connectivity index is 2.07. The molecule has 0 spiro atoms. The molecule has 2 rings (SSSR count). The molecule has 0 aliphatic heterocycles. The van der Waals surface area contributed by atoms with Crippen LogP contribution in [0.4, 0.5) is 5.69 Å². The van der Waals surface area contributed by atoms with Gasteiger partial charge in [-0.05, 0) is 50.3 Å². The standard InChI is InChI=1S/C19H30N2O3/c1-3-10-23-17-9-8-15(12-18(17)24-11-4-2)21-19(22)16-7-5-6-14(16)13-20/h8-9,12,14,16H,3-7,10-11,13,20H2,1-2H3,(H,21,22)/t14-,16-/m1/s1. The first-order valence-corrected chi connectivity index (χ1v) is 9.10. The Morgan fingerprint density at radius 2 is 1.88 bits per heavy atom. The third-order valence-corrected chi connectivity index (χ3v) is 4.43. The van der Waals surface area contributed by atoms with E-state index in [-0.39, 0.29) is 11.8 Å². The van der Waals surface area contributed by atoms with E-state index in [0.717, 1.165) is 43.5 Å². The quantitative estimate of drug-likeness (QED) is 0.724. The number of carbonyl (C=O) groups excluding carboxylic acids is 1. The molecule has 0 unspecified atom stereocenters. The zero-order valence-electron chi connectivity index (χ0n) is 14.8. The monoisotopic (exact) mass is 334 g/mol. The van der Waals surface area contributed by atoms with Gasteiger partial charge in [-0.3, -0.25) is 4.79 Å². The molecule has 0 aromatic heterocycles. The van der Waals surface area contributed by atoms with Crippen molar-refractivity contribution < 1.29 is 14.3 Å². The smallest absolute Gasteiger partial charge is 0.227 e. The Hall–Kier alpha value is -1.75. The van der Waals surface area contributed by atoms with Crippen LogP contribution < -0.4 is 20.5 Å². The summed E-state index contributed by atoms with van der Waals surface area (Å²) in [5.74, 6) is 1.79. The number of benzene rings is 1. The molecule has 1 fully saturated rings. The SMILES string of the molecule is CCCOc1ccc(NC(=O)[C@@H]2CCC[C@@H]2CN)cc1OCCC. The molecule has 1 amide bonds. The van der Waals surface area contributed by atoms with Crippen molar-refractivity contribution in [3.8, 4) is 11.5 Å². The molecule has 5 heteroatoms. The third kappa shape index (κ3) is 4.87. The molecule has 0 bridgehead atoms. The zero-order valence-corrected chi connectivity index (χ0v) is 14.8. The van der Waals surface area contributed by atoms with Crippen molar-refractivity contribution >= 4 is 11.6 Å². The number of carbonyl (C=O) groups is 1. The van der Waals surface area contributed by atoms with Crippen molar-refractivity contribution in [2.75, 3.05) is 25.1 Å². The van der Waals surface area contributed by atoms with Gasteiger partial charge in [0.15, 0.2) is 11.5 Å². The van der Waals surface area contributed by atoms with E-state index in [1.165, 1.54) is 0 Å². The second-order valence-electron chi connectivity index (χ2n) is 6.38. The van der Waals surface area contributed by atoms with E-state index in [9.17, 15) is 4.79 Å². The van der Waals surface area contributed by atoms with Gasteiger partial charge in [-0.15, -0.1) is 0 Å². The van der Waals surface area contributed by atoms with Gasteiger partial charge in [0.1, 0.15) is 0 Å². The molecule has 5 nitrogen and oxygen atoms in total. The normalized spacial score (nSPS) is 20.0.